The first-order chi connectivity index (χ1) is 7.20. The molecule has 0 atom stereocenters. The number of nitrogens with two attached hydrogens (primary N) is 1. The number of hydrogen-bond acceptors (Lipinski definition) is 4. The summed E-state index contributed by atoms with van der Waals surface area (Å²) in [6, 6.07) is 3.55. The molecule has 2 aromatic rings. The van der Waals surface area contributed by atoms with Crippen LogP contribution in [0.2, 0.25) is 5.02 Å². The molecule has 0 spiro atoms. The molecule has 2 aromatic heterocycles. The molecule has 0 amide bonds. The van der Waals surface area contributed by atoms with Crippen molar-refractivity contribution in [2.24, 2.45) is 0 Å². The van der Waals surface area contributed by atoms with Crippen LogP contribution in [-0.2, 0) is 0 Å². The number of hydrogen-bond donors (Lipinski definition) is 1. The van der Waals surface area contributed by atoms with E-state index in [-0.39, 0.29) is 0 Å². The summed E-state index contributed by atoms with van der Waals surface area (Å²) in [5.41, 5.74) is 6.44. The lowest BCUT2D eigenvalue weighted by molar-refractivity contribution is 0.847. The second-order valence-electron chi connectivity index (χ2n) is 2.86. The Balaban J connectivity index is 2.50. The Bertz CT molecular complexity index is 540. The maximum atomic E-state index is 8.63. The van der Waals surface area contributed by atoms with Crippen LogP contribution in [-0.4, -0.2) is 14.8 Å². The van der Waals surface area contributed by atoms with Crippen LogP contribution in [0.4, 0.5) is 5.69 Å². The molecular formula is C9H6ClN5. The van der Waals surface area contributed by atoms with E-state index in [1.54, 1.807) is 12.3 Å². The summed E-state index contributed by atoms with van der Waals surface area (Å²) in [6.45, 7) is 0. The van der Waals surface area contributed by atoms with Crippen molar-refractivity contribution < 1.29 is 0 Å². The maximum Gasteiger partial charge on any atom is 0.172 e. The van der Waals surface area contributed by atoms with Crippen LogP contribution in [0.15, 0.2) is 24.7 Å². The van der Waals surface area contributed by atoms with Gasteiger partial charge in [-0.2, -0.15) is 10.4 Å². The Morgan fingerprint density at radius 3 is 2.87 bits per heavy atom. The van der Waals surface area contributed by atoms with E-state index in [9.17, 15) is 0 Å². The lowest BCUT2D eigenvalue weighted by Crippen LogP contribution is -1.99. The highest BCUT2D eigenvalue weighted by atomic mass is 35.5. The number of nitrogens with zero attached hydrogens (tertiary/aromatic N) is 4. The van der Waals surface area contributed by atoms with Crippen LogP contribution in [0.25, 0.3) is 5.82 Å². The Morgan fingerprint density at radius 2 is 2.27 bits per heavy atom. The molecule has 2 heterocycles. The van der Waals surface area contributed by atoms with Gasteiger partial charge in [0.25, 0.3) is 0 Å². The van der Waals surface area contributed by atoms with Crippen LogP contribution in [0.1, 0.15) is 5.56 Å². The van der Waals surface area contributed by atoms with Gasteiger partial charge in [-0.05, 0) is 6.07 Å². The van der Waals surface area contributed by atoms with Gasteiger partial charge in [0, 0.05) is 0 Å². The molecule has 5 nitrogen and oxygen atoms in total. The summed E-state index contributed by atoms with van der Waals surface area (Å²) in [6.07, 6.45) is 4.47. The Kier molecular flexibility index (Phi) is 2.27. The van der Waals surface area contributed by atoms with Gasteiger partial charge in [0.15, 0.2) is 5.82 Å². The summed E-state index contributed by atoms with van der Waals surface area (Å²) in [4.78, 5) is 4.03. The SMILES string of the molecule is N#Cc1cnn(-c2ncc(N)cc2Cl)c1. The molecule has 2 N–H and O–H groups in total. The predicted molar refractivity (Wildman–Crippen MR) is 55.5 cm³/mol. The zero-order chi connectivity index (χ0) is 10.8. The third kappa shape index (κ3) is 1.75. The van der Waals surface area contributed by atoms with Crippen molar-refractivity contribution >= 4 is 17.3 Å². The number of nitrogen functional groups attached to an aromatic ring is 1. The third-order valence-electron chi connectivity index (χ3n) is 1.77. The number of halogens is 1. The topological polar surface area (TPSA) is 80.5 Å². The fourth-order valence-electron chi connectivity index (χ4n) is 1.11. The smallest absolute Gasteiger partial charge is 0.172 e. The molecule has 0 aliphatic rings. The van der Waals surface area contributed by atoms with E-state index < -0.39 is 0 Å². The van der Waals surface area contributed by atoms with Crippen LogP contribution in [0, 0.1) is 11.3 Å². The molecule has 0 unspecified atom stereocenters. The molecule has 0 aliphatic heterocycles. The van der Waals surface area contributed by atoms with Gasteiger partial charge >= 0.3 is 0 Å². The van der Waals surface area contributed by atoms with Crippen LogP contribution < -0.4 is 5.73 Å². The van der Waals surface area contributed by atoms with Crippen molar-refractivity contribution in [2.75, 3.05) is 5.73 Å². The van der Waals surface area contributed by atoms with E-state index in [1.165, 1.54) is 17.1 Å². The molecule has 2 rings (SSSR count). The van der Waals surface area contributed by atoms with Crippen LogP contribution in [0.3, 0.4) is 0 Å². The second-order valence-corrected chi connectivity index (χ2v) is 3.27. The predicted octanol–water partition coefficient (Wildman–Crippen LogP) is 1.37. The molecule has 0 bridgehead atoms. The van der Waals surface area contributed by atoms with Gasteiger partial charge < -0.3 is 5.73 Å². The lowest BCUT2D eigenvalue weighted by Gasteiger charge is -2.02. The molecule has 0 aromatic carbocycles. The first kappa shape index (κ1) is 9.49. The highest BCUT2D eigenvalue weighted by Crippen LogP contribution is 2.19. The van der Waals surface area contributed by atoms with E-state index in [2.05, 4.69) is 10.1 Å². The van der Waals surface area contributed by atoms with Gasteiger partial charge in [-0.25, -0.2) is 9.67 Å². The molecule has 0 fully saturated rings. The lowest BCUT2D eigenvalue weighted by atomic mass is 10.4. The van der Waals surface area contributed by atoms with E-state index >= 15 is 0 Å². The van der Waals surface area contributed by atoms with Gasteiger partial charge in [-0.3, -0.25) is 0 Å². The number of anilines is 1. The first-order valence-electron chi connectivity index (χ1n) is 4.07. The van der Waals surface area contributed by atoms with Gasteiger partial charge in [-0.15, -0.1) is 0 Å². The third-order valence-corrected chi connectivity index (χ3v) is 2.05. The largest absolute Gasteiger partial charge is 0.397 e. The normalized spacial score (nSPS) is 9.87. The van der Waals surface area contributed by atoms with Gasteiger partial charge in [0.2, 0.25) is 0 Å². The van der Waals surface area contributed by atoms with E-state index in [0.717, 1.165) is 0 Å². The number of rotatable bonds is 1. The minimum absolute atomic E-state index is 0.391. The average Bonchev–Trinajstić information content (AvgIpc) is 2.66. The first-order valence-corrected chi connectivity index (χ1v) is 4.44. The van der Waals surface area contributed by atoms with Gasteiger partial charge in [0.05, 0.1) is 34.9 Å². The number of pyridine rings is 1. The maximum absolute atomic E-state index is 8.63. The average molecular weight is 220 g/mol. The van der Waals surface area contributed by atoms with Gasteiger partial charge in [-0.1, -0.05) is 11.6 Å². The monoisotopic (exact) mass is 219 g/mol. The second kappa shape index (κ2) is 3.59. The molecule has 15 heavy (non-hydrogen) atoms. The Labute approximate surface area is 90.7 Å². The van der Waals surface area contributed by atoms with Crippen molar-refractivity contribution in [2.45, 2.75) is 0 Å². The molecule has 0 radical (unpaired) electrons. The van der Waals surface area contributed by atoms with Gasteiger partial charge in [0.1, 0.15) is 6.07 Å². The van der Waals surface area contributed by atoms with Crippen molar-refractivity contribution in [1.82, 2.24) is 14.8 Å². The fraction of sp³-hybridized carbons (Fsp3) is 0. The Hall–Kier alpha value is -2.06. The fourth-order valence-corrected chi connectivity index (χ4v) is 1.37. The van der Waals surface area contributed by atoms with Crippen LogP contribution in [0.5, 0.6) is 0 Å². The summed E-state index contributed by atoms with van der Waals surface area (Å²) in [5.74, 6) is 0.451. The summed E-state index contributed by atoms with van der Waals surface area (Å²) in [7, 11) is 0. The van der Waals surface area contributed by atoms with Crippen molar-refractivity contribution in [3.63, 3.8) is 0 Å². The zero-order valence-electron chi connectivity index (χ0n) is 7.55. The standard InChI is InChI=1S/C9H6ClN5/c10-8-1-7(12)4-13-9(8)15-5-6(2-11)3-14-15/h1,3-5H,12H2. The highest BCUT2D eigenvalue weighted by Gasteiger charge is 2.06. The molecule has 74 valence electrons. The summed E-state index contributed by atoms with van der Waals surface area (Å²) >= 11 is 5.93. The summed E-state index contributed by atoms with van der Waals surface area (Å²) < 4.78 is 1.43. The highest BCUT2D eigenvalue weighted by molar-refractivity contribution is 6.32. The zero-order valence-corrected chi connectivity index (χ0v) is 8.31. The molecule has 0 aliphatic carbocycles. The van der Waals surface area contributed by atoms with Crippen LogP contribution >= 0.6 is 11.6 Å². The van der Waals surface area contributed by atoms with Crippen molar-refractivity contribution in [3.05, 3.63) is 35.2 Å². The van der Waals surface area contributed by atoms with Crippen molar-refractivity contribution in [3.8, 4) is 11.9 Å². The molecular weight excluding hydrogens is 214 g/mol. The number of nitriles is 1. The minimum atomic E-state index is 0.391. The summed E-state index contributed by atoms with van der Waals surface area (Å²) in [5, 5.41) is 13.0. The van der Waals surface area contributed by atoms with E-state index in [1.807, 2.05) is 6.07 Å². The molecule has 0 saturated heterocycles. The van der Waals surface area contributed by atoms with E-state index in [0.29, 0.717) is 22.1 Å². The Morgan fingerprint density at radius 1 is 1.47 bits per heavy atom. The molecule has 6 heteroatoms. The van der Waals surface area contributed by atoms with Crippen molar-refractivity contribution in [1.29, 1.82) is 5.26 Å². The quantitative estimate of drug-likeness (QED) is 0.786. The number of aromatic nitrogens is 3. The van der Waals surface area contributed by atoms with E-state index in [4.69, 9.17) is 22.6 Å². The minimum Gasteiger partial charge on any atom is -0.397 e. The molecule has 0 saturated carbocycles.